The summed E-state index contributed by atoms with van der Waals surface area (Å²) in [5.41, 5.74) is 1.36. The number of likely N-dealkylation sites (N-methyl/N-ethyl adjacent to an activating group) is 1. The fourth-order valence-electron chi connectivity index (χ4n) is 1.78. The third-order valence-electron chi connectivity index (χ3n) is 2.65. The van der Waals surface area contributed by atoms with Crippen molar-refractivity contribution in [1.82, 2.24) is 4.90 Å². The van der Waals surface area contributed by atoms with E-state index in [4.69, 9.17) is 0 Å². The highest BCUT2D eigenvalue weighted by atomic mass is 79.9. The van der Waals surface area contributed by atoms with Gasteiger partial charge >= 0.3 is 0 Å². The van der Waals surface area contributed by atoms with Gasteiger partial charge in [0.05, 0.1) is 12.2 Å². The Hall–Kier alpha value is -1.24. The second kappa shape index (κ2) is 6.97. The lowest BCUT2D eigenvalue weighted by Crippen LogP contribution is -2.29. The van der Waals surface area contributed by atoms with Gasteiger partial charge in [0.15, 0.2) is 0 Å². The van der Waals surface area contributed by atoms with Crippen molar-refractivity contribution in [1.29, 1.82) is 0 Å². The lowest BCUT2D eigenvalue weighted by Gasteiger charge is -2.15. The first kappa shape index (κ1) is 15.2. The van der Waals surface area contributed by atoms with Gasteiger partial charge in [0.2, 0.25) is 5.91 Å². The van der Waals surface area contributed by atoms with Gasteiger partial charge in [0.25, 0.3) is 0 Å². The molecule has 0 fully saturated rings. The van der Waals surface area contributed by atoms with Crippen molar-refractivity contribution in [3.8, 4) is 0 Å². The van der Waals surface area contributed by atoms with Crippen molar-refractivity contribution in [2.75, 3.05) is 18.9 Å². The highest BCUT2D eigenvalue weighted by molar-refractivity contribution is 9.10. The van der Waals surface area contributed by atoms with Crippen molar-refractivity contribution in [2.24, 2.45) is 0 Å². The zero-order chi connectivity index (χ0) is 14.5. The van der Waals surface area contributed by atoms with Crippen LogP contribution in [-0.2, 0) is 11.3 Å². The summed E-state index contributed by atoms with van der Waals surface area (Å²) >= 11 is 4.80. The zero-order valence-electron chi connectivity index (χ0n) is 10.9. The molecule has 6 heteroatoms. The Morgan fingerprint density at radius 2 is 2.25 bits per heavy atom. The first-order valence-corrected chi connectivity index (χ1v) is 7.72. The molecule has 0 aliphatic carbocycles. The average molecular weight is 357 g/mol. The highest BCUT2D eigenvalue weighted by Crippen LogP contribution is 2.19. The first-order valence-electron chi connectivity index (χ1n) is 5.99. The van der Waals surface area contributed by atoms with Crippen LogP contribution in [0.4, 0.5) is 10.1 Å². The van der Waals surface area contributed by atoms with Crippen LogP contribution >= 0.6 is 27.3 Å². The topological polar surface area (TPSA) is 32.3 Å². The van der Waals surface area contributed by atoms with Gasteiger partial charge in [-0.15, -0.1) is 0 Å². The van der Waals surface area contributed by atoms with Crippen LogP contribution in [0.2, 0.25) is 0 Å². The predicted octanol–water partition coefficient (Wildman–Crippen LogP) is 3.72. The van der Waals surface area contributed by atoms with Gasteiger partial charge in [-0.3, -0.25) is 9.69 Å². The van der Waals surface area contributed by atoms with Crippen molar-refractivity contribution in [3.05, 3.63) is 50.9 Å². The molecule has 0 atom stereocenters. The fraction of sp³-hybridized carbons (Fsp3) is 0.214. The van der Waals surface area contributed by atoms with E-state index in [9.17, 15) is 9.18 Å². The van der Waals surface area contributed by atoms with Crippen LogP contribution in [0.15, 0.2) is 39.5 Å². The van der Waals surface area contributed by atoms with Crippen molar-refractivity contribution >= 4 is 38.9 Å². The average Bonchev–Trinajstić information content (AvgIpc) is 2.85. The summed E-state index contributed by atoms with van der Waals surface area (Å²) in [6, 6.07) is 6.57. The number of halogens is 2. The molecule has 0 spiro atoms. The third-order valence-corrected chi connectivity index (χ3v) is 3.88. The Morgan fingerprint density at radius 1 is 1.45 bits per heavy atom. The number of amides is 1. The molecule has 0 aliphatic heterocycles. The molecule has 1 aromatic carbocycles. The summed E-state index contributed by atoms with van der Waals surface area (Å²) in [6.45, 7) is 0.908. The van der Waals surface area contributed by atoms with Gasteiger partial charge in [-0.2, -0.15) is 11.3 Å². The molecular weight excluding hydrogens is 343 g/mol. The summed E-state index contributed by atoms with van der Waals surface area (Å²) in [6.07, 6.45) is 0. The first-order chi connectivity index (χ1) is 9.54. The molecule has 20 heavy (non-hydrogen) atoms. The molecule has 1 heterocycles. The normalized spacial score (nSPS) is 10.8. The monoisotopic (exact) mass is 356 g/mol. The number of thiophene rings is 1. The molecule has 0 aliphatic rings. The van der Waals surface area contributed by atoms with Crippen LogP contribution in [0.5, 0.6) is 0 Å². The molecular formula is C14H14BrFN2OS. The maximum absolute atomic E-state index is 13.6. The van der Waals surface area contributed by atoms with E-state index < -0.39 is 5.82 Å². The van der Waals surface area contributed by atoms with E-state index in [0.29, 0.717) is 11.0 Å². The van der Waals surface area contributed by atoms with E-state index in [0.717, 1.165) is 0 Å². The summed E-state index contributed by atoms with van der Waals surface area (Å²) in [4.78, 5) is 13.7. The number of carbonyl (C=O) groups excluding carboxylic acids is 1. The molecule has 2 rings (SSSR count). The lowest BCUT2D eigenvalue weighted by atomic mass is 10.3. The van der Waals surface area contributed by atoms with Crippen LogP contribution in [-0.4, -0.2) is 24.4 Å². The highest BCUT2D eigenvalue weighted by Gasteiger charge is 2.10. The maximum Gasteiger partial charge on any atom is 0.238 e. The van der Waals surface area contributed by atoms with E-state index in [1.54, 1.807) is 17.4 Å². The number of nitrogens with zero attached hydrogens (tertiary/aromatic N) is 1. The Kier molecular flexibility index (Phi) is 5.28. The second-order valence-corrected chi connectivity index (χ2v) is 6.17. The smallest absolute Gasteiger partial charge is 0.238 e. The van der Waals surface area contributed by atoms with Gasteiger partial charge in [-0.25, -0.2) is 4.39 Å². The molecule has 1 aromatic heterocycles. The summed E-state index contributed by atoms with van der Waals surface area (Å²) in [5, 5.41) is 6.62. The lowest BCUT2D eigenvalue weighted by molar-refractivity contribution is -0.117. The van der Waals surface area contributed by atoms with Crippen LogP contribution in [0.25, 0.3) is 0 Å². The molecule has 0 bridgehead atoms. The molecule has 0 unspecified atom stereocenters. The summed E-state index contributed by atoms with van der Waals surface area (Å²) < 4.78 is 14.2. The number of hydrogen-bond acceptors (Lipinski definition) is 3. The molecule has 0 saturated heterocycles. The number of nitrogens with one attached hydrogen (secondary N) is 1. The van der Waals surface area contributed by atoms with Gasteiger partial charge < -0.3 is 5.32 Å². The molecule has 0 saturated carbocycles. The SMILES string of the molecule is CN(CC(=O)Nc1ccc(Br)cc1F)Cc1ccsc1. The molecule has 1 amide bonds. The summed E-state index contributed by atoms with van der Waals surface area (Å²) in [5.74, 6) is -0.683. The standard InChI is InChI=1S/C14H14BrFN2OS/c1-18(7-10-4-5-20-9-10)8-14(19)17-13-3-2-11(15)6-12(13)16/h2-6,9H,7-8H2,1H3,(H,17,19). The fourth-order valence-corrected chi connectivity index (χ4v) is 2.77. The molecule has 106 valence electrons. The maximum atomic E-state index is 13.6. The summed E-state index contributed by atoms with van der Waals surface area (Å²) in [7, 11) is 1.86. The van der Waals surface area contributed by atoms with E-state index >= 15 is 0 Å². The number of carbonyl (C=O) groups is 1. The van der Waals surface area contributed by atoms with Gasteiger partial charge in [0.1, 0.15) is 5.82 Å². The van der Waals surface area contributed by atoms with Gasteiger partial charge in [0, 0.05) is 11.0 Å². The Labute approximate surface area is 129 Å². The third kappa shape index (κ3) is 4.40. The molecule has 0 radical (unpaired) electrons. The minimum absolute atomic E-state index is 0.196. The second-order valence-electron chi connectivity index (χ2n) is 4.48. The van der Waals surface area contributed by atoms with Gasteiger partial charge in [-0.05, 0) is 47.6 Å². The molecule has 2 aromatic rings. The largest absolute Gasteiger partial charge is 0.322 e. The van der Waals surface area contributed by atoms with Crippen LogP contribution in [0.3, 0.4) is 0 Å². The van der Waals surface area contributed by atoms with E-state index in [2.05, 4.69) is 21.2 Å². The molecule has 1 N–H and O–H groups in total. The number of hydrogen-bond donors (Lipinski definition) is 1. The quantitative estimate of drug-likeness (QED) is 0.885. The van der Waals surface area contributed by atoms with Crippen molar-refractivity contribution < 1.29 is 9.18 Å². The van der Waals surface area contributed by atoms with Crippen LogP contribution in [0, 0.1) is 5.82 Å². The minimum Gasteiger partial charge on any atom is -0.322 e. The van der Waals surface area contributed by atoms with Crippen LogP contribution in [0.1, 0.15) is 5.56 Å². The number of rotatable bonds is 5. The van der Waals surface area contributed by atoms with E-state index in [1.165, 1.54) is 17.7 Å². The van der Waals surface area contributed by atoms with E-state index in [-0.39, 0.29) is 18.1 Å². The Balaban J connectivity index is 1.88. The number of benzene rings is 1. The minimum atomic E-state index is -0.451. The Bertz CT molecular complexity index is 589. The molecule has 3 nitrogen and oxygen atoms in total. The Morgan fingerprint density at radius 3 is 2.90 bits per heavy atom. The van der Waals surface area contributed by atoms with Gasteiger partial charge in [-0.1, -0.05) is 15.9 Å². The van der Waals surface area contributed by atoms with Crippen molar-refractivity contribution in [2.45, 2.75) is 6.54 Å². The predicted molar refractivity (Wildman–Crippen MR) is 83.4 cm³/mol. The van der Waals surface area contributed by atoms with E-state index in [1.807, 2.05) is 28.8 Å². The van der Waals surface area contributed by atoms with Crippen molar-refractivity contribution in [3.63, 3.8) is 0 Å². The zero-order valence-corrected chi connectivity index (χ0v) is 13.3. The number of anilines is 1. The van der Waals surface area contributed by atoms with Crippen LogP contribution < -0.4 is 5.32 Å².